The number of nitrogens with zero attached hydrogens (tertiary/aromatic N) is 3. The molecule has 1 aromatic carbocycles. The van der Waals surface area contributed by atoms with Gasteiger partial charge in [-0.25, -0.2) is 14.4 Å². The lowest BCUT2D eigenvalue weighted by atomic mass is 9.98. The number of carbonyl (C=O) groups is 1. The van der Waals surface area contributed by atoms with Crippen LogP contribution in [0.2, 0.25) is 0 Å². The van der Waals surface area contributed by atoms with Gasteiger partial charge < -0.3 is 4.90 Å². The zero-order valence-electron chi connectivity index (χ0n) is 14.5. The molecule has 2 atom stereocenters. The van der Waals surface area contributed by atoms with Crippen LogP contribution in [0.3, 0.4) is 0 Å². The molecule has 3 rings (SSSR count). The Morgan fingerprint density at radius 1 is 1.20 bits per heavy atom. The zero-order chi connectivity index (χ0) is 17.8. The van der Waals surface area contributed by atoms with Crippen molar-refractivity contribution in [3.63, 3.8) is 0 Å². The van der Waals surface area contributed by atoms with Crippen molar-refractivity contribution in [2.24, 2.45) is 0 Å². The third-order valence-electron chi connectivity index (χ3n) is 4.58. The predicted molar refractivity (Wildman–Crippen MR) is 97.8 cm³/mol. The molecule has 4 nitrogen and oxygen atoms in total. The molecule has 1 saturated heterocycles. The van der Waals surface area contributed by atoms with Crippen molar-refractivity contribution in [1.82, 2.24) is 14.9 Å². The van der Waals surface area contributed by atoms with E-state index < -0.39 is 0 Å². The SMILES string of the molecule is C[C@@H]1CCC[C@H](C)N1C(=O)CSc1nccc(-c2ccc(F)cc2)n1. The minimum atomic E-state index is -0.275. The molecule has 6 heteroatoms. The van der Waals surface area contributed by atoms with Gasteiger partial charge in [-0.3, -0.25) is 4.79 Å². The van der Waals surface area contributed by atoms with Gasteiger partial charge in [-0.1, -0.05) is 11.8 Å². The molecule has 2 aromatic rings. The van der Waals surface area contributed by atoms with Crippen molar-refractivity contribution in [2.75, 3.05) is 5.75 Å². The van der Waals surface area contributed by atoms with Crippen LogP contribution in [0.15, 0.2) is 41.7 Å². The van der Waals surface area contributed by atoms with Gasteiger partial charge in [0.15, 0.2) is 5.16 Å². The molecule has 1 aliphatic rings. The van der Waals surface area contributed by atoms with Crippen LogP contribution in [0, 0.1) is 5.82 Å². The summed E-state index contributed by atoms with van der Waals surface area (Å²) in [6.07, 6.45) is 4.99. The second-order valence-electron chi connectivity index (χ2n) is 6.45. The summed E-state index contributed by atoms with van der Waals surface area (Å²) in [6.45, 7) is 4.23. The highest BCUT2D eigenvalue weighted by atomic mass is 32.2. The summed E-state index contributed by atoms with van der Waals surface area (Å²) < 4.78 is 13.1. The fourth-order valence-corrected chi connectivity index (χ4v) is 4.01. The van der Waals surface area contributed by atoms with Crippen LogP contribution in [-0.2, 0) is 4.79 Å². The van der Waals surface area contributed by atoms with Crippen molar-refractivity contribution in [3.05, 3.63) is 42.3 Å². The maximum absolute atomic E-state index is 13.1. The Hall–Kier alpha value is -1.95. The third-order valence-corrected chi connectivity index (χ3v) is 5.43. The van der Waals surface area contributed by atoms with E-state index in [0.717, 1.165) is 24.1 Å². The maximum atomic E-state index is 13.1. The van der Waals surface area contributed by atoms with Gasteiger partial charge in [0.1, 0.15) is 5.82 Å². The number of piperidine rings is 1. The molecule has 0 saturated carbocycles. The van der Waals surface area contributed by atoms with E-state index in [0.29, 0.717) is 23.0 Å². The summed E-state index contributed by atoms with van der Waals surface area (Å²) in [6, 6.07) is 8.57. The normalized spacial score (nSPS) is 20.5. The zero-order valence-corrected chi connectivity index (χ0v) is 15.3. The number of amides is 1. The van der Waals surface area contributed by atoms with E-state index in [9.17, 15) is 9.18 Å². The summed E-state index contributed by atoms with van der Waals surface area (Å²) >= 11 is 1.35. The highest BCUT2D eigenvalue weighted by molar-refractivity contribution is 7.99. The number of halogens is 1. The first-order valence-electron chi connectivity index (χ1n) is 8.57. The fourth-order valence-electron chi connectivity index (χ4n) is 3.31. The molecule has 0 aliphatic carbocycles. The summed E-state index contributed by atoms with van der Waals surface area (Å²) in [5.41, 5.74) is 1.56. The van der Waals surface area contributed by atoms with Crippen LogP contribution in [0.4, 0.5) is 4.39 Å². The number of carbonyl (C=O) groups excluding carboxylic acids is 1. The second-order valence-corrected chi connectivity index (χ2v) is 7.39. The Morgan fingerprint density at radius 3 is 2.56 bits per heavy atom. The Bertz CT molecular complexity index is 728. The van der Waals surface area contributed by atoms with Crippen LogP contribution >= 0.6 is 11.8 Å². The summed E-state index contributed by atoms with van der Waals surface area (Å²) in [5.74, 6) is 0.199. The minimum Gasteiger partial charge on any atom is -0.337 e. The molecule has 0 radical (unpaired) electrons. The van der Waals surface area contributed by atoms with Gasteiger partial charge in [-0.2, -0.15) is 0 Å². The monoisotopic (exact) mass is 359 g/mol. The number of hydrogen-bond donors (Lipinski definition) is 0. The Balaban J connectivity index is 1.66. The average molecular weight is 359 g/mol. The van der Waals surface area contributed by atoms with Gasteiger partial charge in [0.2, 0.25) is 5.91 Å². The number of likely N-dealkylation sites (tertiary alicyclic amines) is 1. The van der Waals surface area contributed by atoms with Gasteiger partial charge in [-0.15, -0.1) is 0 Å². The lowest BCUT2D eigenvalue weighted by Crippen LogP contribution is -2.48. The van der Waals surface area contributed by atoms with Crippen LogP contribution in [0.25, 0.3) is 11.3 Å². The minimum absolute atomic E-state index is 0.139. The van der Waals surface area contributed by atoms with Gasteiger partial charge in [-0.05, 0) is 63.4 Å². The van der Waals surface area contributed by atoms with E-state index in [1.807, 2.05) is 4.90 Å². The van der Waals surface area contributed by atoms with Crippen LogP contribution < -0.4 is 0 Å². The Kier molecular flexibility index (Phi) is 5.68. The Morgan fingerprint density at radius 2 is 1.88 bits per heavy atom. The first-order valence-corrected chi connectivity index (χ1v) is 9.56. The largest absolute Gasteiger partial charge is 0.337 e. The fraction of sp³-hybridized carbons (Fsp3) is 0.421. The molecule has 0 unspecified atom stereocenters. The number of benzene rings is 1. The van der Waals surface area contributed by atoms with E-state index in [-0.39, 0.29) is 11.7 Å². The van der Waals surface area contributed by atoms with Crippen molar-refractivity contribution < 1.29 is 9.18 Å². The van der Waals surface area contributed by atoms with Crippen LogP contribution in [0.5, 0.6) is 0 Å². The summed E-state index contributed by atoms with van der Waals surface area (Å²) in [7, 11) is 0. The molecule has 0 N–H and O–H groups in total. The number of hydrogen-bond acceptors (Lipinski definition) is 4. The van der Waals surface area contributed by atoms with Crippen molar-refractivity contribution >= 4 is 17.7 Å². The topological polar surface area (TPSA) is 46.1 Å². The van der Waals surface area contributed by atoms with Gasteiger partial charge >= 0.3 is 0 Å². The molecule has 2 heterocycles. The molecular formula is C19H22FN3OS. The Labute approximate surface area is 151 Å². The predicted octanol–water partition coefficient (Wildman–Crippen LogP) is 4.16. The first kappa shape index (κ1) is 17.9. The van der Waals surface area contributed by atoms with Gasteiger partial charge in [0.05, 0.1) is 11.4 Å². The number of rotatable bonds is 4. The third kappa shape index (κ3) is 4.37. The molecule has 132 valence electrons. The highest BCUT2D eigenvalue weighted by Crippen LogP contribution is 2.25. The van der Waals surface area contributed by atoms with Gasteiger partial charge in [0, 0.05) is 23.8 Å². The average Bonchev–Trinajstić information content (AvgIpc) is 2.61. The first-order chi connectivity index (χ1) is 12.0. The molecule has 25 heavy (non-hydrogen) atoms. The number of thioether (sulfide) groups is 1. The van der Waals surface area contributed by atoms with E-state index in [1.165, 1.54) is 30.3 Å². The molecule has 0 bridgehead atoms. The summed E-state index contributed by atoms with van der Waals surface area (Å²) in [4.78, 5) is 23.3. The molecule has 0 spiro atoms. The smallest absolute Gasteiger partial charge is 0.233 e. The van der Waals surface area contributed by atoms with E-state index in [4.69, 9.17) is 0 Å². The molecule has 1 amide bonds. The molecule has 1 aromatic heterocycles. The van der Waals surface area contributed by atoms with Gasteiger partial charge in [0.25, 0.3) is 0 Å². The van der Waals surface area contributed by atoms with Crippen molar-refractivity contribution in [2.45, 2.75) is 50.4 Å². The maximum Gasteiger partial charge on any atom is 0.233 e. The van der Waals surface area contributed by atoms with E-state index in [2.05, 4.69) is 23.8 Å². The molecular weight excluding hydrogens is 337 g/mol. The quantitative estimate of drug-likeness (QED) is 0.607. The molecule has 1 aliphatic heterocycles. The standard InChI is InChI=1S/C19H22FN3OS/c1-13-4-3-5-14(2)23(13)18(24)12-25-19-21-11-10-17(22-19)15-6-8-16(20)9-7-15/h6-11,13-14H,3-5,12H2,1-2H3/t13-,14+. The highest BCUT2D eigenvalue weighted by Gasteiger charge is 2.28. The van der Waals surface area contributed by atoms with E-state index >= 15 is 0 Å². The summed E-state index contributed by atoms with van der Waals surface area (Å²) in [5, 5.41) is 0.562. The molecule has 1 fully saturated rings. The van der Waals surface area contributed by atoms with Crippen molar-refractivity contribution in [1.29, 1.82) is 0 Å². The lowest BCUT2D eigenvalue weighted by Gasteiger charge is -2.39. The van der Waals surface area contributed by atoms with Crippen molar-refractivity contribution in [3.8, 4) is 11.3 Å². The van der Waals surface area contributed by atoms with E-state index in [1.54, 1.807) is 24.4 Å². The van der Waals surface area contributed by atoms with Crippen LogP contribution in [0.1, 0.15) is 33.1 Å². The second kappa shape index (κ2) is 7.95. The van der Waals surface area contributed by atoms with Crippen LogP contribution in [-0.4, -0.2) is 38.6 Å². The number of aromatic nitrogens is 2. The lowest BCUT2D eigenvalue weighted by molar-refractivity contribution is -0.134.